The molecule has 0 unspecified atom stereocenters. The van der Waals surface area contributed by atoms with Crippen molar-refractivity contribution >= 4 is 5.95 Å². The normalized spacial score (nSPS) is 13.9. The van der Waals surface area contributed by atoms with Crippen LogP contribution in [0.5, 0.6) is 5.75 Å². The lowest BCUT2D eigenvalue weighted by Gasteiger charge is -2.28. The maximum Gasteiger partial charge on any atom is 0.226 e. The second-order valence-electron chi connectivity index (χ2n) is 7.73. The van der Waals surface area contributed by atoms with Gasteiger partial charge in [0, 0.05) is 42.7 Å². The smallest absolute Gasteiger partial charge is 0.226 e. The van der Waals surface area contributed by atoms with Crippen LogP contribution in [0, 0.1) is 6.92 Å². The fourth-order valence-corrected chi connectivity index (χ4v) is 3.83. The van der Waals surface area contributed by atoms with Crippen molar-refractivity contribution < 1.29 is 9.47 Å². The molecule has 1 aliphatic heterocycles. The third-order valence-corrected chi connectivity index (χ3v) is 5.46. The van der Waals surface area contributed by atoms with E-state index >= 15 is 0 Å². The van der Waals surface area contributed by atoms with Crippen molar-refractivity contribution in [3.63, 3.8) is 0 Å². The third kappa shape index (κ3) is 5.39. The molecule has 1 fully saturated rings. The molecule has 6 nitrogen and oxygen atoms in total. The minimum absolute atomic E-state index is 0.587. The van der Waals surface area contributed by atoms with E-state index < -0.39 is 0 Å². The first-order valence-electron chi connectivity index (χ1n) is 11.1. The average molecular weight is 419 g/mol. The molecule has 0 N–H and O–H groups in total. The Bertz CT molecular complexity index is 988. The SMILES string of the molecule is CCCc1c(C)nc(N2CCOCC2)nc1-c1cccc(OCCc2ccccn2)c1. The van der Waals surface area contributed by atoms with Crippen molar-refractivity contribution in [3.05, 3.63) is 65.6 Å². The Balaban J connectivity index is 1.58. The van der Waals surface area contributed by atoms with E-state index in [4.69, 9.17) is 19.4 Å². The van der Waals surface area contributed by atoms with E-state index in [-0.39, 0.29) is 0 Å². The van der Waals surface area contributed by atoms with Crippen LogP contribution in [0.3, 0.4) is 0 Å². The van der Waals surface area contributed by atoms with E-state index in [1.807, 2.05) is 36.5 Å². The summed E-state index contributed by atoms with van der Waals surface area (Å²) >= 11 is 0. The van der Waals surface area contributed by atoms with E-state index in [0.29, 0.717) is 19.8 Å². The van der Waals surface area contributed by atoms with Gasteiger partial charge in [-0.05, 0) is 43.2 Å². The maximum atomic E-state index is 6.04. The predicted octanol–water partition coefficient (Wildman–Crippen LogP) is 4.26. The summed E-state index contributed by atoms with van der Waals surface area (Å²) in [5.41, 5.74) is 5.37. The van der Waals surface area contributed by atoms with E-state index in [0.717, 1.165) is 66.7 Å². The van der Waals surface area contributed by atoms with Crippen LogP contribution in [-0.4, -0.2) is 47.9 Å². The molecular formula is C25H30N4O2. The molecule has 0 radical (unpaired) electrons. The number of aromatic nitrogens is 3. The van der Waals surface area contributed by atoms with E-state index in [9.17, 15) is 0 Å². The number of benzene rings is 1. The maximum absolute atomic E-state index is 6.04. The molecule has 6 heteroatoms. The number of ether oxygens (including phenoxy) is 2. The summed E-state index contributed by atoms with van der Waals surface area (Å²) in [5.74, 6) is 1.64. The number of anilines is 1. The molecule has 1 aromatic carbocycles. The van der Waals surface area contributed by atoms with E-state index in [1.165, 1.54) is 5.56 Å². The molecule has 162 valence electrons. The number of aryl methyl sites for hydroxylation is 1. The highest BCUT2D eigenvalue weighted by Crippen LogP contribution is 2.30. The number of morpholine rings is 1. The van der Waals surface area contributed by atoms with Crippen molar-refractivity contribution in [1.82, 2.24) is 15.0 Å². The molecule has 0 amide bonds. The first kappa shape index (κ1) is 21.2. The van der Waals surface area contributed by atoms with E-state index in [2.05, 4.69) is 35.9 Å². The van der Waals surface area contributed by atoms with Crippen LogP contribution in [0.4, 0.5) is 5.95 Å². The largest absolute Gasteiger partial charge is 0.493 e. The summed E-state index contributed by atoms with van der Waals surface area (Å²) in [7, 11) is 0. The van der Waals surface area contributed by atoms with Crippen LogP contribution in [-0.2, 0) is 17.6 Å². The van der Waals surface area contributed by atoms with Crippen LogP contribution in [0.25, 0.3) is 11.3 Å². The van der Waals surface area contributed by atoms with Gasteiger partial charge in [-0.3, -0.25) is 4.98 Å². The molecule has 31 heavy (non-hydrogen) atoms. The minimum Gasteiger partial charge on any atom is -0.493 e. The van der Waals surface area contributed by atoms with Gasteiger partial charge in [0.1, 0.15) is 5.75 Å². The topological polar surface area (TPSA) is 60.4 Å². The number of hydrogen-bond acceptors (Lipinski definition) is 6. The Labute approximate surface area is 184 Å². The van der Waals surface area contributed by atoms with Crippen molar-refractivity contribution in [1.29, 1.82) is 0 Å². The number of hydrogen-bond donors (Lipinski definition) is 0. The number of rotatable bonds is 8. The standard InChI is InChI=1S/C25H30N4O2/c1-3-7-23-19(2)27-25(29-13-16-30-17-14-29)28-24(23)20-8-6-10-22(18-20)31-15-11-21-9-4-5-12-26-21/h4-6,8-10,12,18H,3,7,11,13-17H2,1-2H3. The van der Waals surface area contributed by atoms with Gasteiger partial charge in [-0.15, -0.1) is 0 Å². The van der Waals surface area contributed by atoms with Crippen molar-refractivity contribution in [3.8, 4) is 17.0 Å². The Morgan fingerprint density at radius 1 is 1.03 bits per heavy atom. The zero-order valence-corrected chi connectivity index (χ0v) is 18.4. The Kier molecular flexibility index (Phi) is 7.10. The second kappa shape index (κ2) is 10.4. The number of pyridine rings is 1. The summed E-state index contributed by atoms with van der Waals surface area (Å²) in [6.45, 7) is 7.95. The lowest BCUT2D eigenvalue weighted by molar-refractivity contribution is 0.122. The lowest BCUT2D eigenvalue weighted by Crippen LogP contribution is -2.37. The monoisotopic (exact) mass is 418 g/mol. The first-order chi connectivity index (χ1) is 15.2. The second-order valence-corrected chi connectivity index (χ2v) is 7.73. The minimum atomic E-state index is 0.587. The quantitative estimate of drug-likeness (QED) is 0.545. The molecule has 0 bridgehead atoms. The van der Waals surface area contributed by atoms with Gasteiger partial charge in [-0.25, -0.2) is 9.97 Å². The highest BCUT2D eigenvalue weighted by atomic mass is 16.5. The van der Waals surface area contributed by atoms with Crippen LogP contribution in [0.2, 0.25) is 0 Å². The zero-order chi connectivity index (χ0) is 21.5. The summed E-state index contributed by atoms with van der Waals surface area (Å²) in [6, 6.07) is 14.2. The van der Waals surface area contributed by atoms with Crippen LogP contribution < -0.4 is 9.64 Å². The van der Waals surface area contributed by atoms with Crippen LogP contribution in [0.1, 0.15) is 30.3 Å². The lowest BCUT2D eigenvalue weighted by atomic mass is 10.0. The Morgan fingerprint density at radius 2 is 1.90 bits per heavy atom. The highest BCUT2D eigenvalue weighted by Gasteiger charge is 2.19. The summed E-state index contributed by atoms with van der Waals surface area (Å²) in [5, 5.41) is 0. The summed E-state index contributed by atoms with van der Waals surface area (Å²) < 4.78 is 11.5. The molecule has 3 aromatic rings. The van der Waals surface area contributed by atoms with Crippen molar-refractivity contribution in [2.24, 2.45) is 0 Å². The summed E-state index contributed by atoms with van der Waals surface area (Å²) in [4.78, 5) is 16.4. The molecule has 4 rings (SSSR count). The molecular weight excluding hydrogens is 388 g/mol. The molecule has 0 saturated carbocycles. The highest BCUT2D eigenvalue weighted by molar-refractivity contribution is 5.67. The predicted molar refractivity (Wildman–Crippen MR) is 123 cm³/mol. The van der Waals surface area contributed by atoms with Crippen molar-refractivity contribution in [2.75, 3.05) is 37.8 Å². The molecule has 2 aromatic heterocycles. The molecule has 0 atom stereocenters. The van der Waals surface area contributed by atoms with Crippen LogP contribution >= 0.6 is 0 Å². The molecule has 0 spiro atoms. The molecule has 3 heterocycles. The third-order valence-electron chi connectivity index (χ3n) is 5.46. The van der Waals surface area contributed by atoms with Gasteiger partial charge in [0.05, 0.1) is 25.5 Å². The van der Waals surface area contributed by atoms with Gasteiger partial charge >= 0.3 is 0 Å². The van der Waals surface area contributed by atoms with Crippen molar-refractivity contribution in [2.45, 2.75) is 33.1 Å². The number of nitrogens with zero attached hydrogens (tertiary/aromatic N) is 4. The van der Waals surface area contributed by atoms with Gasteiger partial charge < -0.3 is 14.4 Å². The fourth-order valence-electron chi connectivity index (χ4n) is 3.83. The summed E-state index contributed by atoms with van der Waals surface area (Å²) in [6.07, 6.45) is 4.60. The first-order valence-corrected chi connectivity index (χ1v) is 11.1. The fraction of sp³-hybridized carbons (Fsp3) is 0.400. The molecule has 1 saturated heterocycles. The average Bonchev–Trinajstić information content (AvgIpc) is 2.82. The van der Waals surface area contributed by atoms with E-state index in [1.54, 1.807) is 0 Å². The molecule has 1 aliphatic rings. The van der Waals surface area contributed by atoms with Gasteiger partial charge in [-0.1, -0.05) is 31.5 Å². The Morgan fingerprint density at radius 3 is 2.68 bits per heavy atom. The van der Waals surface area contributed by atoms with Gasteiger partial charge in [0.25, 0.3) is 0 Å². The molecule has 0 aliphatic carbocycles. The Hall–Kier alpha value is -2.99. The van der Waals surface area contributed by atoms with Gasteiger partial charge in [0.15, 0.2) is 0 Å². The zero-order valence-electron chi connectivity index (χ0n) is 18.4. The van der Waals surface area contributed by atoms with Gasteiger partial charge in [-0.2, -0.15) is 0 Å². The van der Waals surface area contributed by atoms with Gasteiger partial charge in [0.2, 0.25) is 5.95 Å². The van der Waals surface area contributed by atoms with Crippen LogP contribution in [0.15, 0.2) is 48.7 Å².